The molecule has 1 saturated heterocycles. The van der Waals surface area contributed by atoms with Crippen LogP contribution < -0.4 is 10.2 Å². The number of amides is 1. The minimum atomic E-state index is -0.0713. The molecule has 0 aliphatic carbocycles. The van der Waals surface area contributed by atoms with Gasteiger partial charge in [-0.2, -0.15) is 0 Å². The molecular formula is C24H23ClN2O2. The molecule has 0 radical (unpaired) electrons. The minimum absolute atomic E-state index is 0.0713. The molecule has 0 unspecified atom stereocenters. The molecule has 1 N–H and O–H groups in total. The van der Waals surface area contributed by atoms with E-state index in [1.807, 2.05) is 66.7 Å². The highest BCUT2D eigenvalue weighted by Crippen LogP contribution is 2.26. The van der Waals surface area contributed by atoms with Gasteiger partial charge in [-0.3, -0.25) is 4.79 Å². The lowest BCUT2D eigenvalue weighted by atomic mass is 9.99. The van der Waals surface area contributed by atoms with Crippen molar-refractivity contribution in [2.45, 2.75) is 6.54 Å². The molecule has 1 aliphatic heterocycles. The van der Waals surface area contributed by atoms with Gasteiger partial charge in [0.25, 0.3) is 5.91 Å². The Labute approximate surface area is 176 Å². The third-order valence-electron chi connectivity index (χ3n) is 5.11. The normalized spacial score (nSPS) is 13.9. The molecule has 4 rings (SSSR count). The lowest BCUT2D eigenvalue weighted by molar-refractivity contribution is 0.0949. The molecule has 1 amide bonds. The van der Waals surface area contributed by atoms with Gasteiger partial charge in [-0.15, -0.1) is 0 Å². The van der Waals surface area contributed by atoms with Crippen LogP contribution in [0.1, 0.15) is 15.9 Å². The Morgan fingerprint density at radius 3 is 2.41 bits per heavy atom. The van der Waals surface area contributed by atoms with Crippen LogP contribution in [-0.2, 0) is 11.3 Å². The van der Waals surface area contributed by atoms with Gasteiger partial charge in [0.2, 0.25) is 0 Å². The van der Waals surface area contributed by atoms with Crippen molar-refractivity contribution >= 4 is 23.2 Å². The summed E-state index contributed by atoms with van der Waals surface area (Å²) in [6, 6.07) is 23.6. The van der Waals surface area contributed by atoms with Crippen LogP contribution in [0.2, 0.25) is 5.02 Å². The van der Waals surface area contributed by atoms with E-state index in [9.17, 15) is 4.79 Å². The van der Waals surface area contributed by atoms with Crippen molar-refractivity contribution in [3.8, 4) is 11.1 Å². The largest absolute Gasteiger partial charge is 0.378 e. The quantitative estimate of drug-likeness (QED) is 0.663. The Bertz CT molecular complexity index is 982. The smallest absolute Gasteiger partial charge is 0.253 e. The highest BCUT2D eigenvalue weighted by Gasteiger charge is 2.18. The molecule has 0 bridgehead atoms. The molecule has 0 saturated carbocycles. The summed E-state index contributed by atoms with van der Waals surface area (Å²) in [6.45, 7) is 3.41. The first-order valence-corrected chi connectivity index (χ1v) is 10.1. The van der Waals surface area contributed by atoms with Crippen molar-refractivity contribution in [2.75, 3.05) is 31.2 Å². The molecule has 3 aromatic carbocycles. The lowest BCUT2D eigenvalue weighted by Gasteiger charge is -2.30. The number of ether oxygens (including phenoxy) is 1. The number of nitrogens with one attached hydrogen (secondary N) is 1. The maximum Gasteiger partial charge on any atom is 0.253 e. The Kier molecular flexibility index (Phi) is 6.13. The van der Waals surface area contributed by atoms with E-state index in [1.54, 1.807) is 0 Å². The number of nitrogens with zero attached hydrogens (tertiary/aromatic N) is 1. The number of carbonyl (C=O) groups is 1. The van der Waals surface area contributed by atoms with Gasteiger partial charge in [-0.25, -0.2) is 0 Å². The average Bonchev–Trinajstić information content (AvgIpc) is 2.79. The molecule has 1 heterocycles. The van der Waals surface area contributed by atoms with Gasteiger partial charge < -0.3 is 15.0 Å². The van der Waals surface area contributed by atoms with E-state index in [0.29, 0.717) is 30.3 Å². The Morgan fingerprint density at radius 1 is 0.931 bits per heavy atom. The van der Waals surface area contributed by atoms with Crippen molar-refractivity contribution in [2.24, 2.45) is 0 Å². The van der Waals surface area contributed by atoms with Crippen LogP contribution in [-0.4, -0.2) is 32.2 Å². The topological polar surface area (TPSA) is 41.6 Å². The number of para-hydroxylation sites is 1. The van der Waals surface area contributed by atoms with Crippen LogP contribution >= 0.6 is 11.6 Å². The third kappa shape index (κ3) is 4.61. The van der Waals surface area contributed by atoms with E-state index in [-0.39, 0.29) is 5.91 Å². The highest BCUT2D eigenvalue weighted by atomic mass is 35.5. The minimum Gasteiger partial charge on any atom is -0.378 e. The Morgan fingerprint density at radius 2 is 1.62 bits per heavy atom. The summed E-state index contributed by atoms with van der Waals surface area (Å²) in [4.78, 5) is 15.2. The van der Waals surface area contributed by atoms with Crippen LogP contribution in [0.25, 0.3) is 11.1 Å². The van der Waals surface area contributed by atoms with E-state index in [1.165, 1.54) is 0 Å². The Balaban J connectivity index is 1.52. The number of rotatable bonds is 5. The summed E-state index contributed by atoms with van der Waals surface area (Å²) in [6.07, 6.45) is 0. The van der Waals surface area contributed by atoms with Gasteiger partial charge in [0.05, 0.1) is 18.8 Å². The van der Waals surface area contributed by atoms with Crippen LogP contribution in [0.5, 0.6) is 0 Å². The summed E-state index contributed by atoms with van der Waals surface area (Å²) in [5.74, 6) is -0.0713. The van der Waals surface area contributed by atoms with Crippen LogP contribution in [0.4, 0.5) is 5.69 Å². The molecule has 4 nitrogen and oxygen atoms in total. The molecule has 1 aliphatic rings. The number of carbonyl (C=O) groups excluding carboxylic acids is 1. The fraction of sp³-hybridized carbons (Fsp3) is 0.208. The second-order valence-corrected chi connectivity index (χ2v) is 7.40. The van der Waals surface area contributed by atoms with Crippen molar-refractivity contribution in [1.29, 1.82) is 0 Å². The second kappa shape index (κ2) is 9.12. The summed E-state index contributed by atoms with van der Waals surface area (Å²) >= 11 is 6.02. The second-order valence-electron chi connectivity index (χ2n) is 6.96. The predicted octanol–water partition coefficient (Wildman–Crippen LogP) is 4.77. The molecule has 0 aromatic heterocycles. The van der Waals surface area contributed by atoms with E-state index < -0.39 is 0 Å². The van der Waals surface area contributed by atoms with Gasteiger partial charge in [0.15, 0.2) is 0 Å². The molecule has 3 aromatic rings. The van der Waals surface area contributed by atoms with Crippen LogP contribution in [0.3, 0.4) is 0 Å². The van der Waals surface area contributed by atoms with Crippen molar-refractivity contribution in [3.05, 3.63) is 88.9 Å². The number of hydrogen-bond donors (Lipinski definition) is 1. The Hall–Kier alpha value is -2.82. The first-order valence-electron chi connectivity index (χ1n) is 9.76. The number of halogens is 1. The van der Waals surface area contributed by atoms with E-state index in [2.05, 4.69) is 16.3 Å². The molecule has 1 fully saturated rings. The first-order chi connectivity index (χ1) is 14.2. The molecule has 0 spiro atoms. The summed E-state index contributed by atoms with van der Waals surface area (Å²) in [5, 5.41) is 3.80. The predicted molar refractivity (Wildman–Crippen MR) is 118 cm³/mol. The average molecular weight is 407 g/mol. The van der Waals surface area contributed by atoms with Crippen molar-refractivity contribution in [1.82, 2.24) is 5.32 Å². The summed E-state index contributed by atoms with van der Waals surface area (Å²) in [7, 11) is 0. The summed E-state index contributed by atoms with van der Waals surface area (Å²) in [5.41, 5.74) is 4.88. The highest BCUT2D eigenvalue weighted by molar-refractivity contribution is 6.30. The zero-order valence-electron chi connectivity index (χ0n) is 16.1. The van der Waals surface area contributed by atoms with Crippen molar-refractivity contribution in [3.63, 3.8) is 0 Å². The lowest BCUT2D eigenvalue weighted by Crippen LogP contribution is -2.37. The summed E-state index contributed by atoms with van der Waals surface area (Å²) < 4.78 is 5.44. The van der Waals surface area contributed by atoms with Crippen LogP contribution in [0.15, 0.2) is 72.8 Å². The molecule has 148 valence electrons. The standard InChI is InChI=1S/C24H23ClN2O2/c25-20-11-9-18(10-12-20)21-6-2-1-5-19(21)17-26-24(28)22-7-3-4-8-23(22)27-13-15-29-16-14-27/h1-12H,13-17H2,(H,26,28). The number of benzene rings is 3. The SMILES string of the molecule is O=C(NCc1ccccc1-c1ccc(Cl)cc1)c1ccccc1N1CCOCC1. The van der Waals surface area contributed by atoms with E-state index in [4.69, 9.17) is 16.3 Å². The van der Waals surface area contributed by atoms with Crippen LogP contribution in [0, 0.1) is 0 Å². The molecule has 5 heteroatoms. The third-order valence-corrected chi connectivity index (χ3v) is 5.36. The van der Waals surface area contributed by atoms with Gasteiger partial charge in [0, 0.05) is 30.3 Å². The van der Waals surface area contributed by atoms with Gasteiger partial charge >= 0.3 is 0 Å². The van der Waals surface area contributed by atoms with Gasteiger partial charge in [-0.05, 0) is 41.0 Å². The monoisotopic (exact) mass is 406 g/mol. The van der Waals surface area contributed by atoms with E-state index in [0.717, 1.165) is 35.5 Å². The van der Waals surface area contributed by atoms with E-state index >= 15 is 0 Å². The zero-order valence-corrected chi connectivity index (χ0v) is 16.9. The maximum atomic E-state index is 13.0. The fourth-order valence-electron chi connectivity index (χ4n) is 3.60. The maximum absolute atomic E-state index is 13.0. The molecule has 0 atom stereocenters. The van der Waals surface area contributed by atoms with Crippen molar-refractivity contribution < 1.29 is 9.53 Å². The first kappa shape index (κ1) is 19.5. The fourth-order valence-corrected chi connectivity index (χ4v) is 3.73. The number of hydrogen-bond acceptors (Lipinski definition) is 3. The van der Waals surface area contributed by atoms with Gasteiger partial charge in [-0.1, -0.05) is 60.1 Å². The number of anilines is 1. The molecule has 29 heavy (non-hydrogen) atoms. The van der Waals surface area contributed by atoms with Gasteiger partial charge in [0.1, 0.15) is 0 Å². The molecular weight excluding hydrogens is 384 g/mol. The zero-order chi connectivity index (χ0) is 20.1. The number of morpholine rings is 1.